The van der Waals surface area contributed by atoms with Crippen molar-refractivity contribution in [3.05, 3.63) is 0 Å². The van der Waals surface area contributed by atoms with Gasteiger partial charge in [-0.25, -0.2) is 9.13 Å². The van der Waals surface area contributed by atoms with Crippen LogP contribution in [0.5, 0.6) is 0 Å². The second-order valence-corrected chi connectivity index (χ2v) is 29.0. The van der Waals surface area contributed by atoms with Crippen LogP contribution < -0.4 is 0 Å². The average Bonchev–Trinajstić information content (AvgIpc) is 3.51. The highest BCUT2D eigenvalue weighted by Gasteiger charge is 2.30. The molecule has 0 fully saturated rings. The molecular formula is C69H134O17P2. The van der Waals surface area contributed by atoms with Crippen molar-refractivity contribution in [2.45, 2.75) is 362 Å². The number of ether oxygens (including phenoxy) is 4. The van der Waals surface area contributed by atoms with Gasteiger partial charge in [-0.05, 0) is 43.4 Å². The molecule has 0 aliphatic heterocycles. The third kappa shape index (κ3) is 61.6. The third-order valence-corrected chi connectivity index (χ3v) is 18.1. The molecule has 17 nitrogen and oxygen atoms in total. The van der Waals surface area contributed by atoms with Crippen molar-refractivity contribution in [2.24, 2.45) is 17.8 Å². The topological polar surface area (TPSA) is 237 Å². The fourth-order valence-corrected chi connectivity index (χ4v) is 11.9. The Labute approximate surface area is 537 Å². The molecule has 0 aromatic heterocycles. The maximum absolute atomic E-state index is 13.0. The maximum atomic E-state index is 13.0. The van der Waals surface area contributed by atoms with Crippen LogP contribution >= 0.6 is 15.6 Å². The van der Waals surface area contributed by atoms with Crippen molar-refractivity contribution < 1.29 is 80.2 Å². The first-order valence-electron chi connectivity index (χ1n) is 35.9. The Kier molecular flexibility index (Phi) is 58.7. The van der Waals surface area contributed by atoms with E-state index in [9.17, 15) is 43.2 Å². The smallest absolute Gasteiger partial charge is 0.462 e. The lowest BCUT2D eigenvalue weighted by Gasteiger charge is -2.21. The van der Waals surface area contributed by atoms with Gasteiger partial charge in [-0.3, -0.25) is 37.3 Å². The van der Waals surface area contributed by atoms with Gasteiger partial charge in [0.25, 0.3) is 0 Å². The summed E-state index contributed by atoms with van der Waals surface area (Å²) in [6.45, 7) is 11.8. The number of carbonyl (C=O) groups is 4. The predicted molar refractivity (Wildman–Crippen MR) is 354 cm³/mol. The van der Waals surface area contributed by atoms with Crippen LogP contribution in [-0.2, 0) is 65.4 Å². The first kappa shape index (κ1) is 86.1. The first-order valence-corrected chi connectivity index (χ1v) is 38.9. The van der Waals surface area contributed by atoms with Crippen molar-refractivity contribution in [3.63, 3.8) is 0 Å². The van der Waals surface area contributed by atoms with Crippen LogP contribution in [0, 0.1) is 17.8 Å². The zero-order valence-corrected chi connectivity index (χ0v) is 59.0. The Bertz CT molecular complexity index is 1730. The lowest BCUT2D eigenvalue weighted by molar-refractivity contribution is -0.161. The van der Waals surface area contributed by atoms with E-state index in [2.05, 4.69) is 48.5 Å². The Balaban J connectivity index is 5.21. The fraction of sp³-hybridized carbons (Fsp3) is 0.942. The molecule has 0 aromatic rings. The molecule has 3 unspecified atom stereocenters. The monoisotopic (exact) mass is 1300 g/mol. The van der Waals surface area contributed by atoms with Crippen LogP contribution in [0.1, 0.15) is 344 Å². The molecular weight excluding hydrogens is 1160 g/mol. The predicted octanol–water partition coefficient (Wildman–Crippen LogP) is 19.5. The van der Waals surface area contributed by atoms with E-state index in [1.807, 2.05) is 0 Å². The van der Waals surface area contributed by atoms with E-state index < -0.39 is 97.5 Å². The van der Waals surface area contributed by atoms with E-state index in [4.69, 9.17) is 37.0 Å². The van der Waals surface area contributed by atoms with Crippen LogP contribution in [0.2, 0.25) is 0 Å². The molecule has 88 heavy (non-hydrogen) atoms. The minimum Gasteiger partial charge on any atom is -0.462 e. The van der Waals surface area contributed by atoms with Gasteiger partial charge in [-0.2, -0.15) is 0 Å². The first-order chi connectivity index (χ1) is 42.3. The van der Waals surface area contributed by atoms with Gasteiger partial charge in [0.2, 0.25) is 0 Å². The number of phosphoric acid groups is 2. The molecule has 19 heteroatoms. The van der Waals surface area contributed by atoms with Crippen molar-refractivity contribution in [1.82, 2.24) is 0 Å². The number of aliphatic hydroxyl groups is 1. The summed E-state index contributed by atoms with van der Waals surface area (Å²) in [5, 5.41) is 10.6. The number of rotatable bonds is 67. The van der Waals surface area contributed by atoms with Gasteiger partial charge < -0.3 is 33.8 Å². The summed E-state index contributed by atoms with van der Waals surface area (Å²) in [6.07, 6.45) is 43.2. The minimum atomic E-state index is -4.95. The molecule has 3 N–H and O–H groups in total. The third-order valence-electron chi connectivity index (χ3n) is 16.2. The van der Waals surface area contributed by atoms with Crippen LogP contribution in [0.25, 0.3) is 0 Å². The lowest BCUT2D eigenvalue weighted by Crippen LogP contribution is -2.30. The largest absolute Gasteiger partial charge is 0.472 e. The molecule has 0 heterocycles. The van der Waals surface area contributed by atoms with Crippen LogP contribution in [0.15, 0.2) is 0 Å². The summed E-state index contributed by atoms with van der Waals surface area (Å²) in [5.74, 6) is 0.121. The average molecular weight is 1300 g/mol. The summed E-state index contributed by atoms with van der Waals surface area (Å²) >= 11 is 0. The molecule has 0 spiro atoms. The normalized spacial score (nSPS) is 14.5. The highest BCUT2D eigenvalue weighted by atomic mass is 31.2. The summed E-state index contributed by atoms with van der Waals surface area (Å²) in [5.41, 5.74) is 0. The standard InChI is InChI=1S/C69H134O17P2/c1-8-10-11-12-13-14-22-29-38-45-52-68(73)86-65(57-80-67(72)51-44-37-32-31-34-41-48-61(5)6)59-84-88(77,78)82-55-63(70)54-81-87(75,76)83-58-64(56-79-66(71)50-43-36-28-25-24-26-33-40-47-60(3)4)85-69(74)53-46-39-30-23-20-18-16-15-17-19-21-27-35-42-49-62(7)9-2/h60-65,70H,8-59H2,1-7H3,(H,75,76)(H,77,78)/t62?,63-,64-,65-/m1/s1. The molecule has 0 saturated heterocycles. The fourth-order valence-electron chi connectivity index (χ4n) is 10.3. The zero-order chi connectivity index (χ0) is 65.2. The van der Waals surface area contributed by atoms with Crippen molar-refractivity contribution in [1.29, 1.82) is 0 Å². The van der Waals surface area contributed by atoms with Crippen molar-refractivity contribution in [3.8, 4) is 0 Å². The van der Waals surface area contributed by atoms with Gasteiger partial charge in [0.15, 0.2) is 12.2 Å². The van der Waals surface area contributed by atoms with Gasteiger partial charge in [0.05, 0.1) is 26.4 Å². The van der Waals surface area contributed by atoms with E-state index in [0.29, 0.717) is 31.6 Å². The number of aliphatic hydroxyl groups excluding tert-OH is 1. The molecule has 0 bridgehead atoms. The van der Waals surface area contributed by atoms with E-state index in [0.717, 1.165) is 108 Å². The number of hydrogen-bond acceptors (Lipinski definition) is 15. The molecule has 0 aliphatic rings. The van der Waals surface area contributed by atoms with E-state index in [1.165, 1.54) is 148 Å². The number of hydrogen-bond donors (Lipinski definition) is 3. The molecule has 0 saturated carbocycles. The highest BCUT2D eigenvalue weighted by Crippen LogP contribution is 2.45. The lowest BCUT2D eigenvalue weighted by atomic mass is 9.99. The zero-order valence-electron chi connectivity index (χ0n) is 57.2. The van der Waals surface area contributed by atoms with Crippen LogP contribution in [-0.4, -0.2) is 96.7 Å². The van der Waals surface area contributed by atoms with Gasteiger partial charge in [-0.1, -0.05) is 292 Å². The molecule has 0 rings (SSSR count). The summed E-state index contributed by atoms with van der Waals surface area (Å²) in [6, 6.07) is 0. The second-order valence-electron chi connectivity index (χ2n) is 26.1. The molecule has 0 radical (unpaired) electrons. The van der Waals surface area contributed by atoms with E-state index >= 15 is 0 Å². The van der Waals surface area contributed by atoms with E-state index in [-0.39, 0.29) is 25.7 Å². The molecule has 522 valence electrons. The summed E-state index contributed by atoms with van der Waals surface area (Å²) in [7, 11) is -9.90. The van der Waals surface area contributed by atoms with Gasteiger partial charge in [0, 0.05) is 25.7 Å². The molecule has 0 aromatic carbocycles. The molecule has 0 amide bonds. The number of esters is 4. The van der Waals surface area contributed by atoms with Crippen LogP contribution in [0.4, 0.5) is 0 Å². The minimum absolute atomic E-state index is 0.105. The van der Waals surface area contributed by atoms with Crippen LogP contribution in [0.3, 0.4) is 0 Å². The Morgan fingerprint density at radius 1 is 0.330 bits per heavy atom. The van der Waals surface area contributed by atoms with Gasteiger partial charge >= 0.3 is 39.5 Å². The summed E-state index contributed by atoms with van der Waals surface area (Å²) in [4.78, 5) is 72.4. The van der Waals surface area contributed by atoms with Crippen molar-refractivity contribution in [2.75, 3.05) is 39.6 Å². The number of phosphoric ester groups is 2. The molecule has 6 atom stereocenters. The highest BCUT2D eigenvalue weighted by molar-refractivity contribution is 7.47. The Morgan fingerprint density at radius 3 is 0.864 bits per heavy atom. The summed E-state index contributed by atoms with van der Waals surface area (Å²) < 4.78 is 68.2. The SMILES string of the molecule is CCCCCCCCCCCCC(=O)O[C@H](COC(=O)CCCCCCCCC(C)C)COP(=O)(O)OC[C@H](O)COP(=O)(O)OC[C@@H](COC(=O)CCCCCCCCCCC(C)C)OC(=O)CCCCCCCCCCCCCCCCC(C)CC. The van der Waals surface area contributed by atoms with E-state index in [1.54, 1.807) is 0 Å². The Hall–Kier alpha value is -1.94. The van der Waals surface area contributed by atoms with Gasteiger partial charge in [0.1, 0.15) is 19.3 Å². The molecule has 0 aliphatic carbocycles. The van der Waals surface area contributed by atoms with Crippen molar-refractivity contribution >= 4 is 39.5 Å². The second kappa shape index (κ2) is 60.0. The Morgan fingerprint density at radius 2 is 0.580 bits per heavy atom. The maximum Gasteiger partial charge on any atom is 0.472 e. The number of unbranched alkanes of at least 4 members (excludes halogenated alkanes) is 34. The number of carbonyl (C=O) groups excluding carboxylic acids is 4. The quantitative estimate of drug-likeness (QED) is 0.0222. The van der Waals surface area contributed by atoms with Gasteiger partial charge in [-0.15, -0.1) is 0 Å².